The quantitative estimate of drug-likeness (QED) is 0.270. The summed E-state index contributed by atoms with van der Waals surface area (Å²) in [6.07, 6.45) is 5.26. The molecule has 184 valence electrons. The van der Waals surface area contributed by atoms with Crippen LogP contribution in [0.5, 0.6) is 0 Å². The highest BCUT2D eigenvalue weighted by Crippen LogP contribution is 2.26. The van der Waals surface area contributed by atoms with Crippen molar-refractivity contribution in [2.24, 2.45) is 4.99 Å². The maximum atomic E-state index is 14.5. The molecule has 1 saturated heterocycles. The normalized spacial score (nSPS) is 16.0. The molecular formula is C26H30ClFN6O. The van der Waals surface area contributed by atoms with E-state index in [1.807, 2.05) is 18.3 Å². The van der Waals surface area contributed by atoms with Gasteiger partial charge in [-0.05, 0) is 49.0 Å². The standard InChI is InChI=1S/C26H30ClFN6O/c1-18(21-17-19(27)4-5-22(21)28)16-24(32-23-7-9-31-25-20(23)6-8-30-25)26(29-2)35-15-14-34-12-10-33(3)11-13-34/h4-9,16-17H,1,10-15H2,2-3H3,(H2,30,31,32)/b24-16+,29-26?. The third-order valence-corrected chi connectivity index (χ3v) is 6.23. The van der Waals surface area contributed by atoms with Crippen LogP contribution in [0.2, 0.25) is 5.02 Å². The highest BCUT2D eigenvalue weighted by atomic mass is 35.5. The number of piperazine rings is 1. The number of rotatable bonds is 8. The molecule has 0 spiro atoms. The summed E-state index contributed by atoms with van der Waals surface area (Å²) >= 11 is 6.11. The molecule has 3 heterocycles. The second-order valence-electron chi connectivity index (χ2n) is 8.45. The van der Waals surface area contributed by atoms with Gasteiger partial charge in [0.05, 0.1) is 5.69 Å². The molecule has 35 heavy (non-hydrogen) atoms. The molecule has 3 aromatic rings. The first kappa shape index (κ1) is 24.9. The molecule has 2 N–H and O–H groups in total. The predicted octanol–water partition coefficient (Wildman–Crippen LogP) is 4.66. The van der Waals surface area contributed by atoms with E-state index in [2.05, 4.69) is 43.7 Å². The Morgan fingerprint density at radius 1 is 1.29 bits per heavy atom. The van der Waals surface area contributed by atoms with Gasteiger partial charge in [-0.25, -0.2) is 9.37 Å². The lowest BCUT2D eigenvalue weighted by Crippen LogP contribution is -2.45. The van der Waals surface area contributed by atoms with E-state index in [9.17, 15) is 4.39 Å². The van der Waals surface area contributed by atoms with E-state index in [4.69, 9.17) is 16.3 Å². The van der Waals surface area contributed by atoms with E-state index in [0.717, 1.165) is 49.4 Å². The number of benzene rings is 1. The molecule has 4 rings (SSSR count). The average molecular weight is 497 g/mol. The summed E-state index contributed by atoms with van der Waals surface area (Å²) in [6.45, 7) is 9.45. The number of aliphatic imine (C=N–C) groups is 1. The van der Waals surface area contributed by atoms with Gasteiger partial charge >= 0.3 is 0 Å². The van der Waals surface area contributed by atoms with Crippen molar-refractivity contribution >= 4 is 39.8 Å². The van der Waals surface area contributed by atoms with Gasteiger partial charge in [0.1, 0.15) is 23.8 Å². The lowest BCUT2D eigenvalue weighted by Gasteiger charge is -2.32. The van der Waals surface area contributed by atoms with Gasteiger partial charge < -0.3 is 19.9 Å². The minimum atomic E-state index is -0.405. The Labute approximate surface area is 210 Å². The first-order chi connectivity index (χ1) is 16.9. The molecule has 0 atom stereocenters. The van der Waals surface area contributed by atoms with Crippen LogP contribution in [0.1, 0.15) is 5.56 Å². The van der Waals surface area contributed by atoms with Crippen LogP contribution in [-0.2, 0) is 4.74 Å². The van der Waals surface area contributed by atoms with Crippen LogP contribution < -0.4 is 5.32 Å². The van der Waals surface area contributed by atoms with Gasteiger partial charge in [-0.1, -0.05) is 18.2 Å². The fourth-order valence-electron chi connectivity index (χ4n) is 3.97. The van der Waals surface area contributed by atoms with Gasteiger partial charge in [0.15, 0.2) is 0 Å². The zero-order chi connectivity index (χ0) is 24.8. The number of hydrogen-bond acceptors (Lipinski definition) is 6. The van der Waals surface area contributed by atoms with Crippen LogP contribution in [0, 0.1) is 5.82 Å². The number of ether oxygens (including phenoxy) is 1. The van der Waals surface area contributed by atoms with Crippen LogP contribution in [0.4, 0.5) is 10.1 Å². The largest absolute Gasteiger partial charge is 0.475 e. The maximum Gasteiger partial charge on any atom is 0.232 e. The summed E-state index contributed by atoms with van der Waals surface area (Å²) in [6, 6.07) is 8.20. The van der Waals surface area contributed by atoms with Crippen molar-refractivity contribution in [3.05, 3.63) is 77.5 Å². The Hall–Kier alpha value is -3.20. The zero-order valence-electron chi connectivity index (χ0n) is 20.0. The number of nitrogens with zero attached hydrogens (tertiary/aromatic N) is 4. The minimum absolute atomic E-state index is 0.311. The zero-order valence-corrected chi connectivity index (χ0v) is 20.8. The number of nitrogens with one attached hydrogen (secondary N) is 2. The summed E-state index contributed by atoms with van der Waals surface area (Å²) in [5, 5.41) is 4.74. The number of H-pyrrole nitrogens is 1. The average Bonchev–Trinajstić information content (AvgIpc) is 3.34. The molecule has 0 bridgehead atoms. The Kier molecular flexibility index (Phi) is 8.17. The number of hydrogen-bond donors (Lipinski definition) is 2. The van der Waals surface area contributed by atoms with E-state index in [1.54, 1.807) is 25.4 Å². The highest BCUT2D eigenvalue weighted by Gasteiger charge is 2.17. The molecule has 7 nitrogen and oxygen atoms in total. The minimum Gasteiger partial charge on any atom is -0.475 e. The molecule has 0 aliphatic carbocycles. The maximum absolute atomic E-state index is 14.5. The summed E-state index contributed by atoms with van der Waals surface area (Å²) in [5.74, 6) is 0.00104. The number of likely N-dealkylation sites (N-methyl/N-ethyl adjacent to an activating group) is 1. The third-order valence-electron chi connectivity index (χ3n) is 6.00. The molecule has 0 unspecified atom stereocenters. The number of halogens is 2. The molecule has 0 amide bonds. The van der Waals surface area contributed by atoms with Crippen molar-refractivity contribution < 1.29 is 9.13 Å². The van der Waals surface area contributed by atoms with Crippen LogP contribution in [-0.4, -0.2) is 79.1 Å². The Balaban J connectivity index is 1.58. The topological polar surface area (TPSA) is 68.8 Å². The fourth-order valence-corrected chi connectivity index (χ4v) is 4.14. The summed E-state index contributed by atoms with van der Waals surface area (Å²) in [7, 11) is 3.80. The van der Waals surface area contributed by atoms with Crippen molar-refractivity contribution in [1.29, 1.82) is 0 Å². The Morgan fingerprint density at radius 3 is 2.86 bits per heavy atom. The van der Waals surface area contributed by atoms with Crippen LogP contribution in [0.3, 0.4) is 0 Å². The number of aromatic nitrogens is 2. The number of anilines is 1. The third kappa shape index (κ3) is 6.28. The number of aromatic amines is 1. The van der Waals surface area contributed by atoms with E-state index in [-0.39, 0.29) is 0 Å². The number of fused-ring (bicyclic) bond motifs is 1. The Bertz CT molecular complexity index is 1250. The first-order valence-electron chi connectivity index (χ1n) is 11.5. The van der Waals surface area contributed by atoms with Crippen molar-refractivity contribution in [2.75, 3.05) is 58.7 Å². The van der Waals surface area contributed by atoms with Gasteiger partial charge in [0.2, 0.25) is 5.90 Å². The van der Waals surface area contributed by atoms with E-state index in [0.29, 0.717) is 34.4 Å². The molecule has 1 fully saturated rings. The van der Waals surface area contributed by atoms with Gasteiger partial charge in [-0.15, -0.1) is 0 Å². The van der Waals surface area contributed by atoms with E-state index in [1.165, 1.54) is 12.1 Å². The molecule has 0 saturated carbocycles. The molecule has 1 aliphatic rings. The summed E-state index contributed by atoms with van der Waals surface area (Å²) in [4.78, 5) is 16.5. The smallest absolute Gasteiger partial charge is 0.232 e. The van der Waals surface area contributed by atoms with Gasteiger partial charge in [-0.3, -0.25) is 9.89 Å². The fraction of sp³-hybridized carbons (Fsp3) is 0.308. The van der Waals surface area contributed by atoms with Crippen LogP contribution in [0.25, 0.3) is 16.6 Å². The number of allylic oxidation sites excluding steroid dienone is 2. The van der Waals surface area contributed by atoms with Crippen LogP contribution >= 0.6 is 11.6 Å². The first-order valence-corrected chi connectivity index (χ1v) is 11.9. The second-order valence-corrected chi connectivity index (χ2v) is 8.89. The highest BCUT2D eigenvalue weighted by molar-refractivity contribution is 6.30. The Morgan fingerprint density at radius 2 is 2.09 bits per heavy atom. The number of pyridine rings is 1. The predicted molar refractivity (Wildman–Crippen MR) is 141 cm³/mol. The van der Waals surface area contributed by atoms with Crippen LogP contribution in [0.15, 0.2) is 66.1 Å². The lowest BCUT2D eigenvalue weighted by atomic mass is 10.1. The SMILES string of the molecule is C=C(/C=C(/Nc1ccnc2[nH]ccc12)C(=NC)OCCN1CCN(C)CC1)c1cc(Cl)ccc1F. The monoisotopic (exact) mass is 496 g/mol. The van der Waals surface area contributed by atoms with E-state index >= 15 is 0 Å². The molecule has 1 aromatic carbocycles. The van der Waals surface area contributed by atoms with Crippen molar-refractivity contribution in [3.63, 3.8) is 0 Å². The van der Waals surface area contributed by atoms with E-state index < -0.39 is 5.82 Å². The molecule has 1 aliphatic heterocycles. The van der Waals surface area contributed by atoms with Crippen molar-refractivity contribution in [1.82, 2.24) is 19.8 Å². The second kappa shape index (κ2) is 11.5. The molecular weight excluding hydrogens is 467 g/mol. The lowest BCUT2D eigenvalue weighted by molar-refractivity contribution is 0.131. The molecule has 9 heteroatoms. The molecule has 0 radical (unpaired) electrons. The molecule has 2 aromatic heterocycles. The van der Waals surface area contributed by atoms with Crippen molar-refractivity contribution in [2.45, 2.75) is 0 Å². The van der Waals surface area contributed by atoms with Gasteiger partial charge in [-0.2, -0.15) is 0 Å². The van der Waals surface area contributed by atoms with Gasteiger partial charge in [0.25, 0.3) is 0 Å². The van der Waals surface area contributed by atoms with Crippen molar-refractivity contribution in [3.8, 4) is 0 Å². The summed E-state index contributed by atoms with van der Waals surface area (Å²) in [5.41, 5.74) is 2.87. The summed E-state index contributed by atoms with van der Waals surface area (Å²) < 4.78 is 20.7. The van der Waals surface area contributed by atoms with Gasteiger partial charge in [0, 0.05) is 68.1 Å².